The van der Waals surface area contributed by atoms with Gasteiger partial charge in [-0.05, 0) is 23.8 Å². The molecular formula is C20H18O4. The van der Waals surface area contributed by atoms with Crippen molar-refractivity contribution in [3.8, 4) is 5.75 Å². The van der Waals surface area contributed by atoms with Crippen LogP contribution in [0.5, 0.6) is 5.75 Å². The summed E-state index contributed by atoms with van der Waals surface area (Å²) in [6.45, 7) is 0. The summed E-state index contributed by atoms with van der Waals surface area (Å²) in [5.41, 5.74) is 1.51. The zero-order chi connectivity index (χ0) is 16.9. The van der Waals surface area contributed by atoms with E-state index in [0.29, 0.717) is 11.3 Å². The van der Waals surface area contributed by atoms with Crippen LogP contribution in [0, 0.1) is 5.92 Å². The van der Waals surface area contributed by atoms with E-state index in [1.807, 2.05) is 48.6 Å². The van der Waals surface area contributed by atoms with Crippen molar-refractivity contribution >= 4 is 17.8 Å². The van der Waals surface area contributed by atoms with Crippen molar-refractivity contribution < 1.29 is 19.1 Å². The van der Waals surface area contributed by atoms with Gasteiger partial charge in [-0.3, -0.25) is 9.59 Å². The third kappa shape index (κ3) is 3.38. The molecule has 2 atom stereocenters. The smallest absolute Gasteiger partial charge is 0.306 e. The average molecular weight is 322 g/mol. The lowest BCUT2D eigenvalue weighted by molar-refractivity contribution is -0.142. The number of hydrogen-bond acceptors (Lipinski definition) is 4. The Kier molecular flexibility index (Phi) is 4.75. The number of hydrogen-bond donors (Lipinski definition) is 0. The van der Waals surface area contributed by atoms with E-state index >= 15 is 0 Å². The fraction of sp³-hybridized carbons (Fsp3) is 0.200. The summed E-state index contributed by atoms with van der Waals surface area (Å²) in [4.78, 5) is 24.5. The normalized spacial score (nSPS) is 19.6. The Morgan fingerprint density at radius 2 is 1.83 bits per heavy atom. The number of rotatable bonds is 4. The van der Waals surface area contributed by atoms with Crippen LogP contribution in [0.25, 0.3) is 6.08 Å². The number of benzene rings is 2. The van der Waals surface area contributed by atoms with Crippen molar-refractivity contribution in [2.75, 3.05) is 7.11 Å². The van der Waals surface area contributed by atoms with Gasteiger partial charge in [0.2, 0.25) is 0 Å². The topological polar surface area (TPSA) is 52.6 Å². The molecule has 2 aromatic rings. The molecule has 0 fully saturated rings. The van der Waals surface area contributed by atoms with Crippen LogP contribution in [0.4, 0.5) is 0 Å². The zero-order valence-electron chi connectivity index (χ0n) is 13.3. The van der Waals surface area contributed by atoms with E-state index in [0.717, 1.165) is 5.56 Å². The molecule has 4 nitrogen and oxygen atoms in total. The highest BCUT2D eigenvalue weighted by Gasteiger charge is 2.37. The number of esters is 1. The minimum absolute atomic E-state index is 0.00648. The van der Waals surface area contributed by atoms with E-state index < -0.39 is 18.0 Å². The predicted octanol–water partition coefficient (Wildman–Crippen LogP) is 3.52. The second-order valence-corrected chi connectivity index (χ2v) is 5.60. The number of carbonyl (C=O) groups excluding carboxylic acids is 2. The van der Waals surface area contributed by atoms with Gasteiger partial charge in [-0.15, -0.1) is 0 Å². The maximum Gasteiger partial charge on any atom is 0.306 e. The highest BCUT2D eigenvalue weighted by Crippen LogP contribution is 2.33. The maximum atomic E-state index is 12.8. The number of fused-ring (bicyclic) bond motifs is 1. The number of ether oxygens (including phenoxy) is 2. The first-order valence-electron chi connectivity index (χ1n) is 7.79. The Hall–Kier alpha value is -2.88. The molecule has 0 amide bonds. The fourth-order valence-electron chi connectivity index (χ4n) is 2.77. The van der Waals surface area contributed by atoms with Gasteiger partial charge in [0.1, 0.15) is 11.9 Å². The number of ketones is 1. The van der Waals surface area contributed by atoms with Crippen molar-refractivity contribution in [3.63, 3.8) is 0 Å². The molecule has 0 N–H and O–H groups in total. The Morgan fingerprint density at radius 3 is 2.58 bits per heavy atom. The Bertz CT molecular complexity index is 764. The summed E-state index contributed by atoms with van der Waals surface area (Å²) < 4.78 is 10.7. The van der Waals surface area contributed by atoms with Crippen LogP contribution in [-0.2, 0) is 9.53 Å². The maximum absolute atomic E-state index is 12.8. The summed E-state index contributed by atoms with van der Waals surface area (Å²) >= 11 is 0. The monoisotopic (exact) mass is 322 g/mol. The Labute approximate surface area is 140 Å². The molecule has 0 unspecified atom stereocenters. The third-order valence-electron chi connectivity index (χ3n) is 4.04. The van der Waals surface area contributed by atoms with E-state index in [4.69, 9.17) is 9.47 Å². The van der Waals surface area contributed by atoms with Gasteiger partial charge >= 0.3 is 5.97 Å². The first-order valence-corrected chi connectivity index (χ1v) is 7.79. The number of methoxy groups -OCH3 is 1. The lowest BCUT2D eigenvalue weighted by Crippen LogP contribution is -2.38. The molecule has 0 saturated carbocycles. The molecule has 0 aromatic heterocycles. The van der Waals surface area contributed by atoms with E-state index in [9.17, 15) is 9.59 Å². The number of para-hydroxylation sites is 1. The van der Waals surface area contributed by atoms with Crippen LogP contribution in [-0.4, -0.2) is 25.0 Å². The first kappa shape index (κ1) is 16.0. The summed E-state index contributed by atoms with van der Waals surface area (Å²) in [7, 11) is 1.32. The van der Waals surface area contributed by atoms with Gasteiger partial charge < -0.3 is 9.47 Å². The fourth-order valence-corrected chi connectivity index (χ4v) is 2.77. The summed E-state index contributed by atoms with van der Waals surface area (Å²) in [6, 6.07) is 16.8. The molecule has 24 heavy (non-hydrogen) atoms. The third-order valence-corrected chi connectivity index (χ3v) is 4.04. The summed E-state index contributed by atoms with van der Waals surface area (Å²) in [6.07, 6.45) is 3.21. The van der Waals surface area contributed by atoms with E-state index in [1.54, 1.807) is 18.2 Å². The van der Waals surface area contributed by atoms with E-state index in [1.165, 1.54) is 7.11 Å². The van der Waals surface area contributed by atoms with Crippen molar-refractivity contribution in [2.24, 2.45) is 5.92 Å². The molecule has 0 aliphatic carbocycles. The van der Waals surface area contributed by atoms with Crippen LogP contribution in [0.15, 0.2) is 60.7 Å². The van der Waals surface area contributed by atoms with E-state index in [-0.39, 0.29) is 12.2 Å². The van der Waals surface area contributed by atoms with Crippen LogP contribution < -0.4 is 4.74 Å². The van der Waals surface area contributed by atoms with Gasteiger partial charge in [0.15, 0.2) is 5.78 Å². The largest absolute Gasteiger partial charge is 0.485 e. The van der Waals surface area contributed by atoms with Crippen molar-refractivity contribution in [1.29, 1.82) is 0 Å². The van der Waals surface area contributed by atoms with Crippen LogP contribution in [0.3, 0.4) is 0 Å². The molecule has 0 bridgehead atoms. The van der Waals surface area contributed by atoms with Crippen molar-refractivity contribution in [1.82, 2.24) is 0 Å². The van der Waals surface area contributed by atoms with Gasteiger partial charge in [-0.25, -0.2) is 0 Å². The van der Waals surface area contributed by atoms with Gasteiger partial charge in [-0.2, -0.15) is 0 Å². The average Bonchev–Trinajstić information content (AvgIpc) is 2.63. The van der Waals surface area contributed by atoms with Crippen molar-refractivity contribution in [2.45, 2.75) is 12.5 Å². The van der Waals surface area contributed by atoms with Crippen LogP contribution in [0.1, 0.15) is 22.3 Å². The summed E-state index contributed by atoms with van der Waals surface area (Å²) in [5, 5.41) is 0. The molecule has 0 spiro atoms. The van der Waals surface area contributed by atoms with Crippen LogP contribution >= 0.6 is 0 Å². The lowest BCUT2D eigenvalue weighted by atomic mass is 9.86. The number of Topliss-reactive ketones (excluding diaryl/α,β-unsaturated/α-hetero) is 1. The van der Waals surface area contributed by atoms with Crippen molar-refractivity contribution in [3.05, 3.63) is 71.8 Å². The Morgan fingerprint density at radius 1 is 1.12 bits per heavy atom. The standard InChI is InChI=1S/C20H18O4/c1-23-19(21)13-16-18(12-11-14-7-3-2-4-8-14)24-17-10-6-5-9-15(17)20(16)22/h2-12,16,18H,13H2,1H3/b12-11+/t16-,18-/m1/s1. The Balaban J connectivity index is 1.90. The molecule has 0 radical (unpaired) electrons. The predicted molar refractivity (Wildman–Crippen MR) is 90.8 cm³/mol. The van der Waals surface area contributed by atoms with Gasteiger partial charge in [-0.1, -0.05) is 48.5 Å². The van der Waals surface area contributed by atoms with Gasteiger partial charge in [0.25, 0.3) is 0 Å². The molecule has 122 valence electrons. The highest BCUT2D eigenvalue weighted by atomic mass is 16.5. The minimum Gasteiger partial charge on any atom is -0.485 e. The zero-order valence-corrected chi connectivity index (χ0v) is 13.3. The first-order chi connectivity index (χ1) is 11.7. The van der Waals surface area contributed by atoms with Gasteiger partial charge in [0.05, 0.1) is 25.0 Å². The highest BCUT2D eigenvalue weighted by molar-refractivity contribution is 6.03. The quantitative estimate of drug-likeness (QED) is 0.808. The molecule has 1 aliphatic heterocycles. The molecule has 1 heterocycles. The molecule has 1 aliphatic rings. The lowest BCUT2D eigenvalue weighted by Gasteiger charge is -2.30. The molecule has 3 rings (SSSR count). The molecule has 2 aromatic carbocycles. The van der Waals surface area contributed by atoms with Gasteiger partial charge in [0, 0.05) is 0 Å². The second kappa shape index (κ2) is 7.13. The SMILES string of the molecule is COC(=O)C[C@H]1C(=O)c2ccccc2O[C@@H]1/C=C/c1ccccc1. The molecule has 4 heteroatoms. The summed E-state index contributed by atoms with van der Waals surface area (Å²) in [5.74, 6) is -0.557. The second-order valence-electron chi connectivity index (χ2n) is 5.60. The molecule has 0 saturated heterocycles. The van der Waals surface area contributed by atoms with Crippen LogP contribution in [0.2, 0.25) is 0 Å². The number of carbonyl (C=O) groups is 2. The molecular weight excluding hydrogens is 304 g/mol. The van der Waals surface area contributed by atoms with E-state index in [2.05, 4.69) is 0 Å². The minimum atomic E-state index is -0.590.